The fraction of sp³-hybridized carbons (Fsp3) is 0.812. The zero-order chi connectivity index (χ0) is 16.5. The Morgan fingerprint density at radius 2 is 2.00 bits per heavy atom. The van der Waals surface area contributed by atoms with Crippen LogP contribution in [-0.4, -0.2) is 47.7 Å². The zero-order valence-electron chi connectivity index (χ0n) is 14.4. The van der Waals surface area contributed by atoms with Gasteiger partial charge in [-0.15, -0.1) is 6.58 Å². The average Bonchev–Trinajstić information content (AvgIpc) is 2.63. The molecule has 0 N–H and O–H groups in total. The van der Waals surface area contributed by atoms with Gasteiger partial charge in [0.05, 0.1) is 18.2 Å². The van der Waals surface area contributed by atoms with Gasteiger partial charge in [-0.2, -0.15) is 0 Å². The van der Waals surface area contributed by atoms with E-state index in [1.807, 2.05) is 41.5 Å². The van der Waals surface area contributed by atoms with Crippen molar-refractivity contribution >= 4 is 6.09 Å². The van der Waals surface area contributed by atoms with E-state index in [9.17, 15) is 4.79 Å². The van der Waals surface area contributed by atoms with Crippen molar-refractivity contribution in [1.29, 1.82) is 0 Å². The van der Waals surface area contributed by atoms with Crippen molar-refractivity contribution in [3.05, 3.63) is 12.7 Å². The summed E-state index contributed by atoms with van der Waals surface area (Å²) in [6.07, 6.45) is 2.02. The molecule has 0 saturated carbocycles. The molecule has 1 heterocycles. The molecule has 1 saturated heterocycles. The number of hydrogen-bond acceptors (Lipinski definition) is 4. The summed E-state index contributed by atoms with van der Waals surface area (Å²) in [6.45, 7) is 15.4. The highest BCUT2D eigenvalue weighted by Gasteiger charge is 2.52. The van der Waals surface area contributed by atoms with Crippen LogP contribution in [0.15, 0.2) is 12.7 Å². The number of amides is 1. The molecule has 0 radical (unpaired) electrons. The Bertz CT molecular complexity index is 400. The normalized spacial score (nSPS) is 24.5. The monoisotopic (exact) mass is 299 g/mol. The van der Waals surface area contributed by atoms with E-state index in [2.05, 4.69) is 6.58 Å². The van der Waals surface area contributed by atoms with Crippen LogP contribution in [0.3, 0.4) is 0 Å². The molecule has 2 unspecified atom stereocenters. The number of nitrogens with zero attached hydrogens (tertiary/aromatic N) is 1. The van der Waals surface area contributed by atoms with E-state index in [0.29, 0.717) is 13.0 Å². The Hall–Kier alpha value is -1.07. The first-order valence-electron chi connectivity index (χ1n) is 7.29. The van der Waals surface area contributed by atoms with Crippen molar-refractivity contribution in [2.45, 2.75) is 70.9 Å². The topological polar surface area (TPSA) is 48.0 Å². The summed E-state index contributed by atoms with van der Waals surface area (Å²) in [5.74, 6) is 0. The lowest BCUT2D eigenvalue weighted by Crippen LogP contribution is -2.57. The van der Waals surface area contributed by atoms with Crippen molar-refractivity contribution in [1.82, 2.24) is 4.90 Å². The van der Waals surface area contributed by atoms with E-state index >= 15 is 0 Å². The molecule has 0 bridgehead atoms. The number of ether oxygens (including phenoxy) is 3. The number of hydrogen-bond donors (Lipinski definition) is 0. The van der Waals surface area contributed by atoms with Crippen LogP contribution >= 0.6 is 0 Å². The molecule has 1 amide bonds. The summed E-state index contributed by atoms with van der Waals surface area (Å²) >= 11 is 0. The predicted octanol–water partition coefficient (Wildman–Crippen LogP) is 3.34. The van der Waals surface area contributed by atoms with Crippen molar-refractivity contribution in [3.8, 4) is 0 Å². The van der Waals surface area contributed by atoms with Crippen LogP contribution in [0.5, 0.6) is 0 Å². The highest BCUT2D eigenvalue weighted by Crippen LogP contribution is 2.37. The summed E-state index contributed by atoms with van der Waals surface area (Å²) in [5.41, 5.74) is -1.84. The highest BCUT2D eigenvalue weighted by atomic mass is 16.6. The van der Waals surface area contributed by atoms with Gasteiger partial charge in [-0.25, -0.2) is 4.79 Å². The van der Waals surface area contributed by atoms with E-state index in [1.165, 1.54) is 0 Å². The van der Waals surface area contributed by atoms with Gasteiger partial charge in [0.1, 0.15) is 11.3 Å². The molecule has 1 aliphatic rings. The second-order valence-corrected chi connectivity index (χ2v) is 7.13. The molecular weight excluding hydrogens is 270 g/mol. The summed E-state index contributed by atoms with van der Waals surface area (Å²) in [7, 11) is 1.64. The molecule has 0 aliphatic carbocycles. The lowest BCUT2D eigenvalue weighted by Gasteiger charge is -2.41. The number of carbonyl (C=O) groups is 1. The van der Waals surface area contributed by atoms with Crippen molar-refractivity contribution in [3.63, 3.8) is 0 Å². The highest BCUT2D eigenvalue weighted by molar-refractivity contribution is 5.70. The smallest absolute Gasteiger partial charge is 0.413 e. The molecule has 21 heavy (non-hydrogen) atoms. The minimum atomic E-state index is -0.728. The Balaban J connectivity index is 3.09. The van der Waals surface area contributed by atoms with Crippen LogP contribution < -0.4 is 0 Å². The third-order valence-corrected chi connectivity index (χ3v) is 3.80. The summed E-state index contributed by atoms with van der Waals surface area (Å²) in [5, 5.41) is 0. The molecule has 5 nitrogen and oxygen atoms in total. The summed E-state index contributed by atoms with van der Waals surface area (Å²) in [6, 6.07) is -0.231. The Labute approximate surface area is 128 Å². The standard InChI is InChI=1S/C16H29NO4/c1-9-10-16(7,19-8)12-11-20-15(5,6)17(12)13(18)21-14(2,3)4/h9,12H,1,10-11H2,2-8H3. The van der Waals surface area contributed by atoms with Gasteiger partial charge < -0.3 is 14.2 Å². The lowest BCUT2D eigenvalue weighted by molar-refractivity contribution is -0.0868. The number of methoxy groups -OCH3 is 1. The number of rotatable bonds is 4. The first-order valence-corrected chi connectivity index (χ1v) is 7.29. The first-order chi connectivity index (χ1) is 9.47. The maximum Gasteiger partial charge on any atom is 0.413 e. The van der Waals surface area contributed by atoms with Crippen molar-refractivity contribution in [2.24, 2.45) is 0 Å². The predicted molar refractivity (Wildman–Crippen MR) is 82.1 cm³/mol. The quantitative estimate of drug-likeness (QED) is 0.747. The number of carbonyl (C=O) groups excluding carboxylic acids is 1. The third kappa shape index (κ3) is 3.98. The van der Waals surface area contributed by atoms with Crippen LogP contribution in [0.4, 0.5) is 4.79 Å². The molecule has 1 fully saturated rings. The van der Waals surface area contributed by atoms with Crippen LogP contribution in [-0.2, 0) is 14.2 Å². The Morgan fingerprint density at radius 1 is 1.43 bits per heavy atom. The largest absolute Gasteiger partial charge is 0.444 e. The van der Waals surface area contributed by atoms with Crippen molar-refractivity contribution < 1.29 is 19.0 Å². The fourth-order valence-electron chi connectivity index (χ4n) is 2.55. The van der Waals surface area contributed by atoms with Crippen LogP contribution in [0, 0.1) is 0 Å². The van der Waals surface area contributed by atoms with Gasteiger partial charge >= 0.3 is 6.09 Å². The molecule has 0 aromatic rings. The lowest BCUT2D eigenvalue weighted by atomic mass is 9.91. The Morgan fingerprint density at radius 3 is 2.43 bits per heavy atom. The molecule has 0 spiro atoms. The second kappa shape index (κ2) is 5.97. The minimum absolute atomic E-state index is 0.231. The average molecular weight is 299 g/mol. The van der Waals surface area contributed by atoms with Gasteiger partial charge in [0.2, 0.25) is 0 Å². The summed E-state index contributed by atoms with van der Waals surface area (Å²) in [4.78, 5) is 14.2. The fourth-order valence-corrected chi connectivity index (χ4v) is 2.55. The molecule has 5 heteroatoms. The van der Waals surface area contributed by atoms with E-state index in [1.54, 1.807) is 18.1 Å². The zero-order valence-corrected chi connectivity index (χ0v) is 14.4. The maximum absolute atomic E-state index is 12.6. The van der Waals surface area contributed by atoms with Crippen molar-refractivity contribution in [2.75, 3.05) is 13.7 Å². The van der Waals surface area contributed by atoms with Gasteiger partial charge in [0.15, 0.2) is 0 Å². The van der Waals surface area contributed by atoms with E-state index in [4.69, 9.17) is 14.2 Å². The molecule has 0 aromatic carbocycles. The summed E-state index contributed by atoms with van der Waals surface area (Å²) < 4.78 is 17.0. The van der Waals surface area contributed by atoms with E-state index < -0.39 is 16.9 Å². The van der Waals surface area contributed by atoms with Gasteiger partial charge in [-0.3, -0.25) is 4.90 Å². The molecule has 2 atom stereocenters. The van der Waals surface area contributed by atoms with Gasteiger partial charge in [-0.05, 0) is 48.0 Å². The molecule has 0 aromatic heterocycles. The second-order valence-electron chi connectivity index (χ2n) is 7.13. The first kappa shape index (κ1) is 18.0. The molecule has 1 rings (SSSR count). The van der Waals surface area contributed by atoms with Gasteiger partial charge in [-0.1, -0.05) is 6.08 Å². The minimum Gasteiger partial charge on any atom is -0.444 e. The van der Waals surface area contributed by atoms with E-state index in [0.717, 1.165) is 0 Å². The van der Waals surface area contributed by atoms with Crippen LogP contribution in [0.2, 0.25) is 0 Å². The third-order valence-electron chi connectivity index (χ3n) is 3.80. The van der Waals surface area contributed by atoms with Gasteiger partial charge in [0, 0.05) is 7.11 Å². The molecule has 122 valence electrons. The molecular formula is C16H29NO4. The molecule has 1 aliphatic heterocycles. The Kier molecular flexibility index (Phi) is 5.11. The van der Waals surface area contributed by atoms with E-state index in [-0.39, 0.29) is 12.1 Å². The SMILES string of the molecule is C=CCC(C)(OC)C1COC(C)(C)N1C(=O)OC(C)(C)C. The van der Waals surface area contributed by atoms with Gasteiger partial charge in [0.25, 0.3) is 0 Å². The van der Waals surface area contributed by atoms with Crippen LogP contribution in [0.25, 0.3) is 0 Å². The van der Waals surface area contributed by atoms with Crippen LogP contribution in [0.1, 0.15) is 48.0 Å². The maximum atomic E-state index is 12.6.